The molecular formula is C21H25FN2O4. The number of nitrogens with one attached hydrogen (secondary N) is 1. The number of amides is 1. The zero-order valence-electron chi connectivity index (χ0n) is 16.3. The van der Waals surface area contributed by atoms with Gasteiger partial charge in [-0.3, -0.25) is 4.79 Å². The van der Waals surface area contributed by atoms with Crippen molar-refractivity contribution in [3.05, 3.63) is 53.3 Å². The number of carbonyl (C=O) groups excluding carboxylic acids is 1. The Morgan fingerprint density at radius 3 is 2.46 bits per heavy atom. The van der Waals surface area contributed by atoms with Crippen molar-refractivity contribution in [3.8, 4) is 17.2 Å². The van der Waals surface area contributed by atoms with Crippen molar-refractivity contribution in [2.24, 2.45) is 0 Å². The fraction of sp³-hybridized carbons (Fsp3) is 0.381. The van der Waals surface area contributed by atoms with Gasteiger partial charge in [0.15, 0.2) is 11.5 Å². The summed E-state index contributed by atoms with van der Waals surface area (Å²) in [5, 5.41) is 3.28. The average Bonchev–Trinajstić information content (AvgIpc) is 2.72. The van der Waals surface area contributed by atoms with Crippen LogP contribution < -0.4 is 19.5 Å². The highest BCUT2D eigenvalue weighted by molar-refractivity contribution is 5.80. The topological polar surface area (TPSA) is 60.0 Å². The molecular weight excluding hydrogens is 363 g/mol. The largest absolute Gasteiger partial charge is 0.493 e. The smallest absolute Gasteiger partial charge is 0.227 e. The van der Waals surface area contributed by atoms with Gasteiger partial charge >= 0.3 is 0 Å². The molecule has 6 nitrogen and oxygen atoms in total. The minimum absolute atomic E-state index is 0.0370. The van der Waals surface area contributed by atoms with Crippen molar-refractivity contribution in [2.75, 3.05) is 41.0 Å². The molecule has 1 unspecified atom stereocenters. The molecule has 0 bridgehead atoms. The lowest BCUT2D eigenvalue weighted by Crippen LogP contribution is -2.49. The Kier molecular flexibility index (Phi) is 6.36. The summed E-state index contributed by atoms with van der Waals surface area (Å²) in [4.78, 5) is 14.9. The highest BCUT2D eigenvalue weighted by Gasteiger charge is 2.28. The van der Waals surface area contributed by atoms with Crippen LogP contribution in [0.3, 0.4) is 0 Å². The molecule has 1 fully saturated rings. The lowest BCUT2D eigenvalue weighted by atomic mass is 10.0. The predicted molar refractivity (Wildman–Crippen MR) is 104 cm³/mol. The van der Waals surface area contributed by atoms with Crippen molar-refractivity contribution >= 4 is 5.91 Å². The van der Waals surface area contributed by atoms with Gasteiger partial charge in [0, 0.05) is 19.6 Å². The van der Waals surface area contributed by atoms with Crippen molar-refractivity contribution in [1.29, 1.82) is 0 Å². The summed E-state index contributed by atoms with van der Waals surface area (Å²) in [6.07, 6.45) is 0.183. The molecule has 1 N–H and O–H groups in total. The van der Waals surface area contributed by atoms with Crippen molar-refractivity contribution in [2.45, 2.75) is 12.5 Å². The van der Waals surface area contributed by atoms with Crippen LogP contribution >= 0.6 is 0 Å². The SMILES string of the molecule is COc1cc(CC(=O)N2CCNCC2c2cccc(F)c2)cc(OC)c1OC. The maximum Gasteiger partial charge on any atom is 0.227 e. The Labute approximate surface area is 164 Å². The van der Waals surface area contributed by atoms with Gasteiger partial charge in [0.1, 0.15) is 5.82 Å². The minimum Gasteiger partial charge on any atom is -0.493 e. The molecule has 2 aromatic carbocycles. The quantitative estimate of drug-likeness (QED) is 0.824. The molecule has 150 valence electrons. The summed E-state index contributed by atoms with van der Waals surface area (Å²) in [5.74, 6) is 1.16. The van der Waals surface area contributed by atoms with Crippen LogP contribution in [0.15, 0.2) is 36.4 Å². The monoisotopic (exact) mass is 388 g/mol. The fourth-order valence-electron chi connectivity index (χ4n) is 3.53. The minimum atomic E-state index is -0.305. The molecule has 1 amide bonds. The first-order valence-electron chi connectivity index (χ1n) is 9.12. The van der Waals surface area contributed by atoms with E-state index in [1.807, 2.05) is 6.07 Å². The van der Waals surface area contributed by atoms with Gasteiger partial charge in [0.2, 0.25) is 11.7 Å². The van der Waals surface area contributed by atoms with E-state index >= 15 is 0 Å². The van der Waals surface area contributed by atoms with Crippen molar-refractivity contribution < 1.29 is 23.4 Å². The van der Waals surface area contributed by atoms with Gasteiger partial charge in [-0.1, -0.05) is 12.1 Å². The van der Waals surface area contributed by atoms with Crippen molar-refractivity contribution in [3.63, 3.8) is 0 Å². The van der Waals surface area contributed by atoms with Gasteiger partial charge in [-0.05, 0) is 35.4 Å². The number of hydrogen-bond donors (Lipinski definition) is 1. The second kappa shape index (κ2) is 8.93. The first-order chi connectivity index (χ1) is 13.6. The highest BCUT2D eigenvalue weighted by atomic mass is 19.1. The first-order valence-corrected chi connectivity index (χ1v) is 9.12. The van der Waals surface area contributed by atoms with E-state index in [1.165, 1.54) is 19.2 Å². The van der Waals surface area contributed by atoms with Gasteiger partial charge in [-0.25, -0.2) is 4.39 Å². The molecule has 1 aliphatic heterocycles. The summed E-state index contributed by atoms with van der Waals surface area (Å²) in [5.41, 5.74) is 1.54. The van der Waals surface area contributed by atoms with Crippen LogP contribution in [-0.4, -0.2) is 51.8 Å². The molecule has 3 rings (SSSR count). The molecule has 1 saturated heterocycles. The van der Waals surface area contributed by atoms with Gasteiger partial charge in [-0.2, -0.15) is 0 Å². The average molecular weight is 388 g/mol. The van der Waals surface area contributed by atoms with Gasteiger partial charge in [0.05, 0.1) is 33.8 Å². The third-order valence-corrected chi connectivity index (χ3v) is 4.88. The van der Waals surface area contributed by atoms with Crippen LogP contribution in [-0.2, 0) is 11.2 Å². The van der Waals surface area contributed by atoms with E-state index in [4.69, 9.17) is 14.2 Å². The highest BCUT2D eigenvalue weighted by Crippen LogP contribution is 2.38. The molecule has 7 heteroatoms. The fourth-order valence-corrected chi connectivity index (χ4v) is 3.53. The number of nitrogens with zero attached hydrogens (tertiary/aromatic N) is 1. The second-order valence-corrected chi connectivity index (χ2v) is 6.57. The van der Waals surface area contributed by atoms with Crippen LogP contribution in [0.5, 0.6) is 17.2 Å². The molecule has 0 saturated carbocycles. The van der Waals surface area contributed by atoms with E-state index in [-0.39, 0.29) is 24.2 Å². The molecule has 0 aliphatic carbocycles. The summed E-state index contributed by atoms with van der Waals surface area (Å²) in [7, 11) is 4.62. The number of methoxy groups -OCH3 is 3. The summed E-state index contributed by atoms with van der Waals surface area (Å²) in [6, 6.07) is 9.75. The normalized spacial score (nSPS) is 16.6. The molecule has 2 aromatic rings. The molecule has 1 aliphatic rings. The number of piperazine rings is 1. The summed E-state index contributed by atoms with van der Waals surface area (Å²) in [6.45, 7) is 1.85. The van der Waals surface area contributed by atoms with E-state index in [0.29, 0.717) is 36.9 Å². The molecule has 1 atom stereocenters. The van der Waals surface area contributed by atoms with Gasteiger partial charge < -0.3 is 24.4 Å². The number of halogens is 1. The third-order valence-electron chi connectivity index (χ3n) is 4.88. The van der Waals surface area contributed by atoms with Crippen LogP contribution in [0.25, 0.3) is 0 Å². The van der Waals surface area contributed by atoms with Crippen molar-refractivity contribution in [1.82, 2.24) is 10.2 Å². The van der Waals surface area contributed by atoms with E-state index < -0.39 is 0 Å². The molecule has 0 radical (unpaired) electrons. The van der Waals surface area contributed by atoms with E-state index in [2.05, 4.69) is 5.32 Å². The third kappa shape index (κ3) is 4.20. The van der Waals surface area contributed by atoms with Gasteiger partial charge in [0.25, 0.3) is 0 Å². The maximum atomic E-state index is 13.7. The van der Waals surface area contributed by atoms with E-state index in [0.717, 1.165) is 11.1 Å². The number of benzene rings is 2. The van der Waals surface area contributed by atoms with Crippen LogP contribution in [0.1, 0.15) is 17.2 Å². The number of ether oxygens (including phenoxy) is 3. The zero-order chi connectivity index (χ0) is 20.1. The lowest BCUT2D eigenvalue weighted by molar-refractivity contribution is -0.133. The standard InChI is InChI=1S/C21H25FN2O4/c1-26-18-9-14(10-19(27-2)21(18)28-3)11-20(25)24-8-7-23-13-17(24)15-5-4-6-16(22)12-15/h4-6,9-10,12,17,23H,7-8,11,13H2,1-3H3. The number of rotatable bonds is 6. The Morgan fingerprint density at radius 2 is 1.86 bits per heavy atom. The Hall–Kier alpha value is -2.80. The molecule has 0 spiro atoms. The molecule has 28 heavy (non-hydrogen) atoms. The van der Waals surface area contributed by atoms with Gasteiger partial charge in [-0.15, -0.1) is 0 Å². The lowest BCUT2D eigenvalue weighted by Gasteiger charge is -2.36. The van der Waals surface area contributed by atoms with E-state index in [9.17, 15) is 9.18 Å². The zero-order valence-corrected chi connectivity index (χ0v) is 16.3. The van der Waals surface area contributed by atoms with Crippen LogP contribution in [0, 0.1) is 5.82 Å². The molecule has 1 heterocycles. The van der Waals surface area contributed by atoms with Crippen LogP contribution in [0.4, 0.5) is 4.39 Å². The predicted octanol–water partition coefficient (Wildman–Crippen LogP) is 2.57. The van der Waals surface area contributed by atoms with E-state index in [1.54, 1.807) is 37.3 Å². The number of carbonyl (C=O) groups is 1. The maximum absolute atomic E-state index is 13.7. The first kappa shape index (κ1) is 19.9. The van der Waals surface area contributed by atoms with Crippen LogP contribution in [0.2, 0.25) is 0 Å². The molecule has 0 aromatic heterocycles. The summed E-state index contributed by atoms with van der Waals surface area (Å²) >= 11 is 0. The Balaban J connectivity index is 1.84. The number of hydrogen-bond acceptors (Lipinski definition) is 5. The summed E-state index contributed by atoms with van der Waals surface area (Å²) < 4.78 is 29.7. The Bertz CT molecular complexity index is 818. The second-order valence-electron chi connectivity index (χ2n) is 6.57. The Morgan fingerprint density at radius 1 is 1.14 bits per heavy atom.